The van der Waals surface area contributed by atoms with Crippen molar-refractivity contribution in [1.82, 2.24) is 19.5 Å². The Bertz CT molecular complexity index is 4620. The summed E-state index contributed by atoms with van der Waals surface area (Å²) in [6, 6.07) is 79.5. The zero-order valence-corrected chi connectivity index (χ0v) is 40.6. The molecule has 75 heavy (non-hydrogen) atoms. The first-order valence-electron chi connectivity index (χ1n) is 25.5. The predicted octanol–water partition coefficient (Wildman–Crippen LogP) is 18.4. The number of furan rings is 2. The SMILES string of the molecule is C1=CCC(c2nc(-c3ccc(-c4ccccc4)cc3)nc(-c3cccc4oc5ccc(-c6ccccc6-c6ccc7oc8cccc(-n9c%10ccccc%10c%10cc(-c%11ccccc%11)ccc%109)c8c7c6)cc5c34)n2)C=C1. The summed E-state index contributed by atoms with van der Waals surface area (Å²) in [6.45, 7) is 0. The van der Waals surface area contributed by atoms with E-state index in [1.54, 1.807) is 0 Å². The molecule has 1 atom stereocenters. The zero-order valence-electron chi connectivity index (χ0n) is 40.6. The number of nitrogens with zero attached hydrogens (tertiary/aromatic N) is 4. The van der Waals surface area contributed by atoms with Crippen LogP contribution < -0.4 is 0 Å². The quantitative estimate of drug-likeness (QED) is 0.152. The average molecular weight is 961 g/mol. The van der Waals surface area contributed by atoms with Gasteiger partial charge in [0.1, 0.15) is 28.2 Å². The fraction of sp³-hybridized carbons (Fsp3) is 0.0290. The number of allylic oxidation sites excluding steroid dienone is 4. The van der Waals surface area contributed by atoms with Crippen molar-refractivity contribution in [3.05, 3.63) is 255 Å². The van der Waals surface area contributed by atoms with E-state index in [4.69, 9.17) is 23.8 Å². The lowest BCUT2D eigenvalue weighted by atomic mass is 9.92. The van der Waals surface area contributed by atoms with Gasteiger partial charge >= 0.3 is 0 Å². The van der Waals surface area contributed by atoms with Gasteiger partial charge in [0.15, 0.2) is 11.6 Å². The van der Waals surface area contributed by atoms with Crippen LogP contribution in [0.4, 0.5) is 0 Å². The topological polar surface area (TPSA) is 69.9 Å². The molecule has 0 radical (unpaired) electrons. The van der Waals surface area contributed by atoms with Gasteiger partial charge in [0.25, 0.3) is 0 Å². The fourth-order valence-corrected chi connectivity index (χ4v) is 11.4. The Kier molecular flexibility index (Phi) is 9.91. The van der Waals surface area contributed by atoms with E-state index in [0.717, 1.165) is 117 Å². The van der Waals surface area contributed by atoms with Gasteiger partial charge in [-0.15, -0.1) is 0 Å². The van der Waals surface area contributed by atoms with Gasteiger partial charge in [-0.1, -0.05) is 188 Å². The molecular formula is C69H44N4O2. The van der Waals surface area contributed by atoms with Crippen molar-refractivity contribution in [2.45, 2.75) is 12.3 Å². The monoisotopic (exact) mass is 960 g/mol. The number of aromatic nitrogens is 4. The summed E-state index contributed by atoms with van der Waals surface area (Å²) in [6.07, 6.45) is 9.33. The van der Waals surface area contributed by atoms with E-state index in [-0.39, 0.29) is 5.92 Å². The molecule has 15 rings (SSSR count). The second-order valence-corrected chi connectivity index (χ2v) is 19.4. The first-order valence-corrected chi connectivity index (χ1v) is 25.5. The van der Waals surface area contributed by atoms with Gasteiger partial charge in [0, 0.05) is 44.0 Å². The van der Waals surface area contributed by atoms with E-state index >= 15 is 0 Å². The van der Waals surface area contributed by atoms with Crippen LogP contribution in [-0.2, 0) is 0 Å². The van der Waals surface area contributed by atoms with E-state index in [1.807, 2.05) is 18.2 Å². The molecule has 14 aromatic rings. The van der Waals surface area contributed by atoms with Crippen LogP contribution in [0, 0.1) is 0 Å². The highest BCUT2D eigenvalue weighted by atomic mass is 16.3. The highest BCUT2D eigenvalue weighted by Crippen LogP contribution is 2.44. The molecule has 6 heteroatoms. The molecule has 0 aliphatic heterocycles. The number of fused-ring (bicyclic) bond motifs is 9. The van der Waals surface area contributed by atoms with E-state index in [0.29, 0.717) is 11.6 Å². The van der Waals surface area contributed by atoms with Crippen molar-refractivity contribution >= 4 is 65.7 Å². The minimum absolute atomic E-state index is 0.0238. The minimum atomic E-state index is 0.0238. The van der Waals surface area contributed by atoms with Crippen LogP contribution in [0.5, 0.6) is 0 Å². The molecule has 0 amide bonds. The van der Waals surface area contributed by atoms with Gasteiger partial charge < -0.3 is 13.4 Å². The Hall–Kier alpha value is -9.91. The van der Waals surface area contributed by atoms with Crippen molar-refractivity contribution in [3.8, 4) is 73.0 Å². The van der Waals surface area contributed by atoms with Crippen LogP contribution in [0.15, 0.2) is 258 Å². The van der Waals surface area contributed by atoms with Gasteiger partial charge in [-0.2, -0.15) is 0 Å². The van der Waals surface area contributed by atoms with Crippen molar-refractivity contribution < 1.29 is 8.83 Å². The lowest BCUT2D eigenvalue weighted by Crippen LogP contribution is -2.08. The molecule has 0 bridgehead atoms. The van der Waals surface area contributed by atoms with Crippen LogP contribution >= 0.6 is 0 Å². The van der Waals surface area contributed by atoms with Gasteiger partial charge in [-0.05, 0) is 112 Å². The third kappa shape index (κ3) is 7.21. The summed E-state index contributed by atoms with van der Waals surface area (Å²) in [4.78, 5) is 15.6. The molecule has 0 N–H and O–H groups in total. The van der Waals surface area contributed by atoms with Crippen molar-refractivity contribution in [3.63, 3.8) is 0 Å². The second kappa shape index (κ2) is 17.4. The maximum Gasteiger partial charge on any atom is 0.164 e. The summed E-state index contributed by atoms with van der Waals surface area (Å²) in [5, 5.41) is 6.51. The normalized spacial score (nSPS) is 13.6. The Morgan fingerprint density at radius 3 is 1.63 bits per heavy atom. The molecular weight excluding hydrogens is 917 g/mol. The van der Waals surface area contributed by atoms with Crippen molar-refractivity contribution in [1.29, 1.82) is 0 Å². The number of hydrogen-bond donors (Lipinski definition) is 0. The fourth-order valence-electron chi connectivity index (χ4n) is 11.4. The average Bonchev–Trinajstić information content (AvgIpc) is 4.22. The maximum absolute atomic E-state index is 6.68. The zero-order chi connectivity index (χ0) is 49.4. The van der Waals surface area contributed by atoms with Crippen LogP contribution in [0.3, 0.4) is 0 Å². The smallest absolute Gasteiger partial charge is 0.164 e. The molecule has 1 unspecified atom stereocenters. The highest BCUT2D eigenvalue weighted by Gasteiger charge is 2.23. The Morgan fingerprint density at radius 1 is 0.360 bits per heavy atom. The second-order valence-electron chi connectivity index (χ2n) is 19.4. The molecule has 4 heterocycles. The van der Waals surface area contributed by atoms with E-state index in [2.05, 4.69) is 235 Å². The number of para-hydroxylation sites is 1. The van der Waals surface area contributed by atoms with Crippen molar-refractivity contribution in [2.75, 3.05) is 0 Å². The van der Waals surface area contributed by atoms with Crippen LogP contribution in [0.2, 0.25) is 0 Å². The van der Waals surface area contributed by atoms with E-state index < -0.39 is 0 Å². The maximum atomic E-state index is 6.68. The van der Waals surface area contributed by atoms with Gasteiger partial charge in [-0.3, -0.25) is 0 Å². The molecule has 0 saturated carbocycles. The minimum Gasteiger partial charge on any atom is -0.456 e. The third-order valence-corrected chi connectivity index (χ3v) is 15.0. The summed E-state index contributed by atoms with van der Waals surface area (Å²) >= 11 is 0. The standard InChI is InChI=1S/C69H44N4O2/c1-4-16-43(17-5-1)45-30-32-47(33-31-45)68-70-67(46-20-8-3-9-21-46)71-69(72-68)54-25-14-28-63-65(54)56-41-49(35-38-61(56)74-63)51-22-10-11-23-52(51)50-36-39-62-57(42-50)66-60(27-15-29-64(66)75-62)73-58-26-13-12-24-53(58)55-40-48(34-37-59(55)73)44-18-6-2-7-19-44/h1-20,22-42,46H,21H2. The van der Waals surface area contributed by atoms with Gasteiger partial charge in [0.2, 0.25) is 0 Å². The molecule has 1 aliphatic rings. The summed E-state index contributed by atoms with van der Waals surface area (Å²) < 4.78 is 15.7. The predicted molar refractivity (Wildman–Crippen MR) is 307 cm³/mol. The molecule has 352 valence electrons. The summed E-state index contributed by atoms with van der Waals surface area (Å²) in [5.74, 6) is 2.01. The summed E-state index contributed by atoms with van der Waals surface area (Å²) in [5.41, 5.74) is 17.5. The van der Waals surface area contributed by atoms with Crippen molar-refractivity contribution in [2.24, 2.45) is 0 Å². The largest absolute Gasteiger partial charge is 0.456 e. The van der Waals surface area contributed by atoms with Gasteiger partial charge in [0.05, 0.1) is 22.1 Å². The Balaban J connectivity index is 0.853. The molecule has 6 nitrogen and oxygen atoms in total. The highest BCUT2D eigenvalue weighted by molar-refractivity contribution is 6.16. The van der Waals surface area contributed by atoms with Crippen LogP contribution in [-0.4, -0.2) is 19.5 Å². The molecule has 0 spiro atoms. The number of benzene rings is 10. The van der Waals surface area contributed by atoms with Crippen LogP contribution in [0.25, 0.3) is 139 Å². The summed E-state index contributed by atoms with van der Waals surface area (Å²) in [7, 11) is 0. The van der Waals surface area contributed by atoms with Crippen LogP contribution in [0.1, 0.15) is 18.2 Å². The third-order valence-electron chi connectivity index (χ3n) is 15.0. The van der Waals surface area contributed by atoms with E-state index in [9.17, 15) is 0 Å². The molecule has 10 aromatic carbocycles. The lowest BCUT2D eigenvalue weighted by Gasteiger charge is -2.15. The molecule has 0 saturated heterocycles. The number of hydrogen-bond acceptors (Lipinski definition) is 5. The van der Waals surface area contributed by atoms with E-state index in [1.165, 1.54) is 21.9 Å². The first kappa shape index (κ1) is 42.7. The Morgan fingerprint density at radius 2 is 0.907 bits per heavy atom. The first-order chi connectivity index (χ1) is 37.2. The Labute approximate surface area is 431 Å². The number of rotatable bonds is 8. The molecule has 1 aliphatic carbocycles. The van der Waals surface area contributed by atoms with Gasteiger partial charge in [-0.25, -0.2) is 15.0 Å². The molecule has 4 aromatic heterocycles. The molecule has 0 fully saturated rings. The lowest BCUT2D eigenvalue weighted by molar-refractivity contribution is 0.668.